The third-order valence-corrected chi connectivity index (χ3v) is 3.94. The van der Waals surface area contributed by atoms with Gasteiger partial charge in [-0.15, -0.1) is 0 Å². The number of amides is 2. The van der Waals surface area contributed by atoms with Gasteiger partial charge >= 0.3 is 6.18 Å². The number of halogens is 3. The Labute approximate surface area is 155 Å². The van der Waals surface area contributed by atoms with Gasteiger partial charge in [0.25, 0.3) is 5.91 Å². The van der Waals surface area contributed by atoms with Crippen molar-refractivity contribution in [3.05, 3.63) is 65.2 Å². The van der Waals surface area contributed by atoms with Crippen molar-refractivity contribution in [1.29, 1.82) is 0 Å². The minimum absolute atomic E-state index is 0.0597. The lowest BCUT2D eigenvalue weighted by atomic mass is 10.1. The molecule has 0 heterocycles. The number of rotatable bonds is 7. The molecule has 0 aliphatic rings. The van der Waals surface area contributed by atoms with Crippen LogP contribution in [0.25, 0.3) is 0 Å². The Morgan fingerprint density at radius 3 is 2.41 bits per heavy atom. The van der Waals surface area contributed by atoms with Crippen LogP contribution in [0.15, 0.2) is 48.5 Å². The highest BCUT2D eigenvalue weighted by molar-refractivity contribution is 5.97. The molecule has 2 rings (SSSR count). The highest BCUT2D eigenvalue weighted by Gasteiger charge is 2.28. The van der Waals surface area contributed by atoms with Gasteiger partial charge in [-0.05, 0) is 43.0 Å². The van der Waals surface area contributed by atoms with E-state index < -0.39 is 18.6 Å². The first-order valence-corrected chi connectivity index (χ1v) is 8.54. The van der Waals surface area contributed by atoms with Crippen molar-refractivity contribution >= 4 is 17.5 Å². The minimum atomic E-state index is -4.48. The number of anilines is 1. The van der Waals surface area contributed by atoms with Gasteiger partial charge in [0, 0.05) is 17.7 Å². The number of carbonyl (C=O) groups excluding carboxylic acids is 2. The fraction of sp³-hybridized carbons (Fsp3) is 0.300. The molecule has 2 N–H and O–H groups in total. The van der Waals surface area contributed by atoms with Crippen molar-refractivity contribution in [2.45, 2.75) is 32.4 Å². The van der Waals surface area contributed by atoms with Gasteiger partial charge in [0.1, 0.15) is 6.54 Å². The molecule has 4 nitrogen and oxygen atoms in total. The molecular formula is C20H21F3N2O2. The Hall–Kier alpha value is -2.83. The van der Waals surface area contributed by atoms with E-state index in [1.54, 1.807) is 13.0 Å². The van der Waals surface area contributed by atoms with Crippen LogP contribution in [0.3, 0.4) is 0 Å². The SMILES string of the molecule is Cc1ccc(C(=O)NCC(F)(F)F)cc1NC(=O)CCCc1ccccc1. The predicted octanol–water partition coefficient (Wildman–Crippen LogP) is 4.25. The number of alkyl halides is 3. The zero-order valence-corrected chi connectivity index (χ0v) is 14.9. The van der Waals surface area contributed by atoms with E-state index >= 15 is 0 Å². The first kappa shape index (κ1) is 20.5. The number of hydrogen-bond acceptors (Lipinski definition) is 2. The Bertz CT molecular complexity index is 790. The van der Waals surface area contributed by atoms with Crippen molar-refractivity contribution in [3.63, 3.8) is 0 Å². The van der Waals surface area contributed by atoms with Crippen molar-refractivity contribution in [2.75, 3.05) is 11.9 Å². The van der Waals surface area contributed by atoms with E-state index in [2.05, 4.69) is 5.32 Å². The fourth-order valence-corrected chi connectivity index (χ4v) is 2.49. The Morgan fingerprint density at radius 1 is 1.04 bits per heavy atom. The fourth-order valence-electron chi connectivity index (χ4n) is 2.49. The molecule has 0 unspecified atom stereocenters. The van der Waals surface area contributed by atoms with E-state index in [0.717, 1.165) is 17.5 Å². The number of benzene rings is 2. The minimum Gasteiger partial charge on any atom is -0.343 e. The first-order valence-electron chi connectivity index (χ1n) is 8.54. The second kappa shape index (κ2) is 9.21. The zero-order valence-electron chi connectivity index (χ0n) is 14.9. The molecule has 0 spiro atoms. The molecule has 0 bridgehead atoms. The summed E-state index contributed by atoms with van der Waals surface area (Å²) < 4.78 is 36.6. The molecule has 0 aliphatic carbocycles. The molecule has 7 heteroatoms. The number of carbonyl (C=O) groups is 2. The highest BCUT2D eigenvalue weighted by Crippen LogP contribution is 2.18. The molecule has 0 fully saturated rings. The summed E-state index contributed by atoms with van der Waals surface area (Å²) in [6.45, 7) is 0.345. The maximum Gasteiger partial charge on any atom is 0.405 e. The van der Waals surface area contributed by atoms with Crippen LogP contribution in [0, 0.1) is 6.92 Å². The van der Waals surface area contributed by atoms with Crippen LogP contribution < -0.4 is 10.6 Å². The van der Waals surface area contributed by atoms with E-state index in [-0.39, 0.29) is 11.5 Å². The Kier molecular flexibility index (Phi) is 6.98. The molecule has 0 saturated carbocycles. The van der Waals surface area contributed by atoms with Crippen LogP contribution >= 0.6 is 0 Å². The molecule has 27 heavy (non-hydrogen) atoms. The van der Waals surface area contributed by atoms with E-state index in [4.69, 9.17) is 0 Å². The van der Waals surface area contributed by atoms with Gasteiger partial charge in [0.05, 0.1) is 0 Å². The zero-order chi connectivity index (χ0) is 19.9. The van der Waals surface area contributed by atoms with Crippen molar-refractivity contribution < 1.29 is 22.8 Å². The van der Waals surface area contributed by atoms with Gasteiger partial charge in [-0.25, -0.2) is 0 Å². The number of hydrogen-bond donors (Lipinski definition) is 2. The van der Waals surface area contributed by atoms with Gasteiger partial charge < -0.3 is 10.6 Å². The number of aryl methyl sites for hydroxylation is 2. The second-order valence-corrected chi connectivity index (χ2v) is 6.21. The lowest BCUT2D eigenvalue weighted by molar-refractivity contribution is -0.123. The van der Waals surface area contributed by atoms with Gasteiger partial charge in [-0.1, -0.05) is 36.4 Å². The molecule has 0 aromatic heterocycles. The lowest BCUT2D eigenvalue weighted by Gasteiger charge is -2.12. The highest BCUT2D eigenvalue weighted by atomic mass is 19.4. The summed E-state index contributed by atoms with van der Waals surface area (Å²) in [5.41, 5.74) is 2.34. The number of nitrogens with one attached hydrogen (secondary N) is 2. The summed E-state index contributed by atoms with van der Waals surface area (Å²) in [5.74, 6) is -1.05. The molecule has 0 radical (unpaired) electrons. The Balaban J connectivity index is 1.91. The smallest absolute Gasteiger partial charge is 0.343 e. The summed E-state index contributed by atoms with van der Waals surface area (Å²) in [6.07, 6.45) is -2.73. The lowest BCUT2D eigenvalue weighted by Crippen LogP contribution is -2.33. The molecule has 0 atom stereocenters. The maximum absolute atomic E-state index is 12.2. The molecular weight excluding hydrogens is 357 g/mol. The summed E-state index contributed by atoms with van der Waals surface area (Å²) >= 11 is 0. The standard InChI is InChI=1S/C20H21F3N2O2/c1-14-10-11-16(19(27)24-13-20(21,22)23)12-17(14)25-18(26)9-5-8-15-6-3-2-4-7-15/h2-4,6-7,10-12H,5,8-9,13H2,1H3,(H,24,27)(H,25,26). The third kappa shape index (κ3) is 7.13. The largest absolute Gasteiger partial charge is 0.405 e. The Morgan fingerprint density at radius 2 is 1.74 bits per heavy atom. The molecule has 2 aromatic carbocycles. The van der Waals surface area contributed by atoms with Crippen LogP contribution in [-0.2, 0) is 11.2 Å². The van der Waals surface area contributed by atoms with E-state index in [1.807, 2.05) is 35.6 Å². The van der Waals surface area contributed by atoms with Crippen LogP contribution in [0.5, 0.6) is 0 Å². The van der Waals surface area contributed by atoms with Crippen LogP contribution in [0.4, 0.5) is 18.9 Å². The summed E-state index contributed by atoms with van der Waals surface area (Å²) in [5, 5.41) is 4.54. The van der Waals surface area contributed by atoms with Crippen molar-refractivity contribution in [3.8, 4) is 0 Å². The summed E-state index contributed by atoms with van der Waals surface area (Å²) in [6, 6.07) is 14.2. The topological polar surface area (TPSA) is 58.2 Å². The average molecular weight is 378 g/mol. The van der Waals surface area contributed by atoms with E-state index in [9.17, 15) is 22.8 Å². The van der Waals surface area contributed by atoms with Gasteiger partial charge in [0.15, 0.2) is 0 Å². The summed E-state index contributed by atoms with van der Waals surface area (Å²) in [4.78, 5) is 24.0. The first-order chi connectivity index (χ1) is 12.7. The van der Waals surface area contributed by atoms with Gasteiger partial charge in [-0.3, -0.25) is 9.59 Å². The monoisotopic (exact) mass is 378 g/mol. The average Bonchev–Trinajstić information content (AvgIpc) is 2.62. The van der Waals surface area contributed by atoms with Crippen LogP contribution in [0.1, 0.15) is 34.3 Å². The normalized spacial score (nSPS) is 11.1. The van der Waals surface area contributed by atoms with Crippen LogP contribution in [0.2, 0.25) is 0 Å². The molecule has 2 aromatic rings. The van der Waals surface area contributed by atoms with E-state index in [1.165, 1.54) is 12.1 Å². The molecule has 144 valence electrons. The quantitative estimate of drug-likeness (QED) is 0.757. The van der Waals surface area contributed by atoms with Gasteiger partial charge in [-0.2, -0.15) is 13.2 Å². The summed E-state index contributed by atoms with van der Waals surface area (Å²) in [7, 11) is 0. The molecule has 0 saturated heterocycles. The molecule has 0 aliphatic heterocycles. The third-order valence-electron chi connectivity index (χ3n) is 3.94. The van der Waals surface area contributed by atoms with Gasteiger partial charge in [0.2, 0.25) is 5.91 Å². The van der Waals surface area contributed by atoms with E-state index in [0.29, 0.717) is 18.5 Å². The maximum atomic E-state index is 12.2. The molecule has 2 amide bonds. The van der Waals surface area contributed by atoms with Crippen molar-refractivity contribution in [1.82, 2.24) is 5.32 Å². The second-order valence-electron chi connectivity index (χ2n) is 6.21. The van der Waals surface area contributed by atoms with Crippen molar-refractivity contribution in [2.24, 2.45) is 0 Å². The van der Waals surface area contributed by atoms with Crippen LogP contribution in [-0.4, -0.2) is 24.5 Å². The predicted molar refractivity (Wildman–Crippen MR) is 97.6 cm³/mol.